The number of rotatable bonds is 6. The van der Waals surface area contributed by atoms with Gasteiger partial charge in [0.2, 0.25) is 0 Å². The second-order valence-corrected chi connectivity index (χ2v) is 5.21. The number of aliphatic hydroxyl groups excluding tert-OH is 1. The van der Waals surface area contributed by atoms with E-state index < -0.39 is 29.4 Å². The van der Waals surface area contributed by atoms with Gasteiger partial charge < -0.3 is 14.9 Å². The predicted octanol–water partition coefficient (Wildman–Crippen LogP) is 1.97. The van der Waals surface area contributed by atoms with Gasteiger partial charge in [0.25, 0.3) is 0 Å². The molecule has 0 amide bonds. The largest absolute Gasteiger partial charge is 0.480 e. The van der Waals surface area contributed by atoms with E-state index in [4.69, 9.17) is 4.74 Å². The first-order valence-electron chi connectivity index (χ1n) is 7.09. The molecule has 0 bridgehead atoms. The topological polar surface area (TPSA) is 83.8 Å². The van der Waals surface area contributed by atoms with Gasteiger partial charge in [-0.2, -0.15) is 0 Å². The van der Waals surface area contributed by atoms with E-state index in [9.17, 15) is 19.8 Å². The van der Waals surface area contributed by atoms with Crippen molar-refractivity contribution in [2.75, 3.05) is 6.61 Å². The van der Waals surface area contributed by atoms with E-state index in [0.717, 1.165) is 12.8 Å². The Morgan fingerprint density at radius 3 is 2.37 bits per heavy atom. The van der Waals surface area contributed by atoms with E-state index in [0.29, 0.717) is 19.3 Å². The predicted molar refractivity (Wildman–Crippen MR) is 69.6 cm³/mol. The number of hydrogen-bond acceptors (Lipinski definition) is 4. The third-order valence-electron chi connectivity index (χ3n) is 4.03. The Hall–Kier alpha value is -1.10. The molecule has 1 rings (SSSR count). The lowest BCUT2D eigenvalue weighted by molar-refractivity contribution is -0.180. The summed E-state index contributed by atoms with van der Waals surface area (Å²) in [5.74, 6) is -2.41. The van der Waals surface area contributed by atoms with Crippen LogP contribution in [0.2, 0.25) is 0 Å². The Labute approximate surface area is 114 Å². The number of hydrogen-bond donors (Lipinski definition) is 2. The van der Waals surface area contributed by atoms with Crippen LogP contribution in [0.5, 0.6) is 0 Å². The minimum Gasteiger partial charge on any atom is -0.480 e. The quantitative estimate of drug-likeness (QED) is 0.570. The molecule has 3 atom stereocenters. The third-order valence-corrected chi connectivity index (χ3v) is 4.03. The summed E-state index contributed by atoms with van der Waals surface area (Å²) in [5.41, 5.74) is -1.59. The van der Waals surface area contributed by atoms with Gasteiger partial charge in [0.15, 0.2) is 5.41 Å². The number of aliphatic carboxylic acids is 1. The molecule has 1 aliphatic rings. The summed E-state index contributed by atoms with van der Waals surface area (Å²) in [4.78, 5) is 24.0. The maximum Gasteiger partial charge on any atom is 0.323 e. The van der Waals surface area contributed by atoms with E-state index in [2.05, 4.69) is 0 Å². The summed E-state index contributed by atoms with van der Waals surface area (Å²) in [5, 5.41) is 19.7. The molecule has 0 aromatic rings. The molecule has 0 saturated heterocycles. The number of ether oxygens (including phenoxy) is 1. The SMILES string of the molecule is CCCC(C(=O)O)(C(=O)OCC)C1CCCCC1O. The van der Waals surface area contributed by atoms with Gasteiger partial charge in [0, 0.05) is 5.92 Å². The van der Waals surface area contributed by atoms with Crippen molar-refractivity contribution in [3.63, 3.8) is 0 Å². The lowest BCUT2D eigenvalue weighted by Crippen LogP contribution is -2.51. The first-order chi connectivity index (χ1) is 9.00. The third kappa shape index (κ3) is 3.08. The molecule has 2 N–H and O–H groups in total. The number of aliphatic hydroxyl groups is 1. The molecule has 0 aliphatic heterocycles. The summed E-state index contributed by atoms with van der Waals surface area (Å²) in [6.07, 6.45) is 2.88. The van der Waals surface area contributed by atoms with E-state index >= 15 is 0 Å². The highest BCUT2D eigenvalue weighted by atomic mass is 16.5. The molecule has 5 nitrogen and oxygen atoms in total. The molecule has 0 heterocycles. The minimum atomic E-state index is -1.59. The van der Waals surface area contributed by atoms with Crippen molar-refractivity contribution < 1.29 is 24.5 Å². The van der Waals surface area contributed by atoms with Gasteiger partial charge in [-0.1, -0.05) is 26.2 Å². The number of esters is 1. The molecule has 0 radical (unpaired) electrons. The van der Waals surface area contributed by atoms with Crippen LogP contribution >= 0.6 is 0 Å². The number of carbonyl (C=O) groups is 2. The van der Waals surface area contributed by atoms with Crippen LogP contribution in [0.1, 0.15) is 52.4 Å². The zero-order valence-electron chi connectivity index (χ0n) is 11.7. The van der Waals surface area contributed by atoms with E-state index in [1.54, 1.807) is 6.92 Å². The highest BCUT2D eigenvalue weighted by Crippen LogP contribution is 2.43. The zero-order chi connectivity index (χ0) is 14.5. The molecule has 19 heavy (non-hydrogen) atoms. The Balaban J connectivity index is 3.13. The molecular weight excluding hydrogens is 248 g/mol. The van der Waals surface area contributed by atoms with Crippen LogP contribution in [0.25, 0.3) is 0 Å². The van der Waals surface area contributed by atoms with Gasteiger partial charge in [-0.05, 0) is 26.2 Å². The molecular formula is C14H24O5. The van der Waals surface area contributed by atoms with E-state index in [1.807, 2.05) is 6.92 Å². The van der Waals surface area contributed by atoms with Crippen molar-refractivity contribution in [2.24, 2.45) is 11.3 Å². The summed E-state index contributed by atoms with van der Waals surface area (Å²) in [7, 11) is 0. The van der Waals surface area contributed by atoms with Gasteiger partial charge in [0.1, 0.15) is 0 Å². The molecule has 1 saturated carbocycles. The second-order valence-electron chi connectivity index (χ2n) is 5.21. The van der Waals surface area contributed by atoms with Gasteiger partial charge >= 0.3 is 11.9 Å². The number of carboxylic acid groups (broad SMARTS) is 1. The van der Waals surface area contributed by atoms with Crippen LogP contribution in [-0.4, -0.2) is 34.9 Å². The summed E-state index contributed by atoms with van der Waals surface area (Å²) in [6, 6.07) is 0. The normalized spacial score (nSPS) is 26.5. The van der Waals surface area contributed by atoms with Gasteiger partial charge in [-0.3, -0.25) is 9.59 Å². The lowest BCUT2D eigenvalue weighted by atomic mass is 9.65. The van der Waals surface area contributed by atoms with E-state index in [1.165, 1.54) is 0 Å². The van der Waals surface area contributed by atoms with Crippen LogP contribution in [0.4, 0.5) is 0 Å². The first kappa shape index (κ1) is 16.0. The van der Waals surface area contributed by atoms with Crippen molar-refractivity contribution in [2.45, 2.75) is 58.5 Å². The first-order valence-corrected chi connectivity index (χ1v) is 7.09. The van der Waals surface area contributed by atoms with Crippen LogP contribution in [0, 0.1) is 11.3 Å². The van der Waals surface area contributed by atoms with Crippen molar-refractivity contribution in [1.29, 1.82) is 0 Å². The average Bonchev–Trinajstić information content (AvgIpc) is 2.36. The Morgan fingerprint density at radius 2 is 1.89 bits per heavy atom. The molecule has 3 unspecified atom stereocenters. The molecule has 1 aliphatic carbocycles. The highest BCUT2D eigenvalue weighted by molar-refractivity contribution is 5.99. The average molecular weight is 272 g/mol. The summed E-state index contributed by atoms with van der Waals surface area (Å²) >= 11 is 0. The fraction of sp³-hybridized carbons (Fsp3) is 0.857. The molecule has 0 aromatic carbocycles. The summed E-state index contributed by atoms with van der Waals surface area (Å²) < 4.78 is 4.99. The van der Waals surface area contributed by atoms with Crippen LogP contribution in [0.15, 0.2) is 0 Å². The van der Waals surface area contributed by atoms with Crippen LogP contribution in [0.3, 0.4) is 0 Å². The van der Waals surface area contributed by atoms with E-state index in [-0.39, 0.29) is 13.0 Å². The van der Waals surface area contributed by atoms with Gasteiger partial charge in [-0.15, -0.1) is 0 Å². The Bertz CT molecular complexity index is 328. The van der Waals surface area contributed by atoms with Gasteiger partial charge in [0.05, 0.1) is 12.7 Å². The standard InChI is InChI=1S/C14H24O5/c1-3-9-14(12(16)17,13(18)19-4-2)10-7-5-6-8-11(10)15/h10-11,15H,3-9H2,1-2H3,(H,16,17). The second kappa shape index (κ2) is 6.89. The Kier molecular flexibility index (Phi) is 5.79. The van der Waals surface area contributed by atoms with Crippen molar-refractivity contribution in [1.82, 2.24) is 0 Å². The van der Waals surface area contributed by atoms with Crippen molar-refractivity contribution >= 4 is 11.9 Å². The van der Waals surface area contributed by atoms with Crippen LogP contribution in [-0.2, 0) is 14.3 Å². The molecule has 0 spiro atoms. The maximum absolute atomic E-state index is 12.2. The molecule has 5 heteroatoms. The van der Waals surface area contributed by atoms with Crippen LogP contribution < -0.4 is 0 Å². The minimum absolute atomic E-state index is 0.153. The number of carboxylic acids is 1. The molecule has 1 fully saturated rings. The molecule has 110 valence electrons. The number of carbonyl (C=O) groups excluding carboxylic acids is 1. The smallest absolute Gasteiger partial charge is 0.323 e. The zero-order valence-corrected chi connectivity index (χ0v) is 11.7. The van der Waals surface area contributed by atoms with Gasteiger partial charge in [-0.25, -0.2) is 0 Å². The molecule has 0 aromatic heterocycles. The highest BCUT2D eigenvalue weighted by Gasteiger charge is 2.55. The maximum atomic E-state index is 12.2. The summed E-state index contributed by atoms with van der Waals surface area (Å²) in [6.45, 7) is 3.65. The van der Waals surface area contributed by atoms with Crippen molar-refractivity contribution in [3.8, 4) is 0 Å². The lowest BCUT2D eigenvalue weighted by Gasteiger charge is -2.39. The fourth-order valence-corrected chi connectivity index (χ4v) is 3.13. The van der Waals surface area contributed by atoms with Crippen molar-refractivity contribution in [3.05, 3.63) is 0 Å². The monoisotopic (exact) mass is 272 g/mol. The fourth-order valence-electron chi connectivity index (χ4n) is 3.13. The Morgan fingerprint density at radius 1 is 1.26 bits per heavy atom.